The Morgan fingerprint density at radius 3 is 2.32 bits per heavy atom. The summed E-state index contributed by atoms with van der Waals surface area (Å²) in [5.74, 6) is 0.381. The lowest BCUT2D eigenvalue weighted by atomic mass is 10.1. The molecule has 1 aromatic carbocycles. The van der Waals surface area contributed by atoms with Crippen LogP contribution in [0.5, 0.6) is 5.75 Å². The van der Waals surface area contributed by atoms with Gasteiger partial charge in [-0.25, -0.2) is 0 Å². The van der Waals surface area contributed by atoms with Crippen LogP contribution >= 0.6 is 0 Å². The molecule has 3 nitrogen and oxygen atoms in total. The van der Waals surface area contributed by atoms with E-state index in [1.165, 1.54) is 0 Å². The minimum Gasteiger partial charge on any atom is -0.508 e. The molecule has 1 amide bonds. The molecule has 0 saturated heterocycles. The molecule has 0 fully saturated rings. The molecule has 0 aliphatic carbocycles. The Morgan fingerprint density at radius 1 is 1.16 bits per heavy atom. The number of benzene rings is 1. The van der Waals surface area contributed by atoms with E-state index in [9.17, 15) is 9.90 Å². The average Bonchev–Trinajstić information content (AvgIpc) is 2.38. The monoisotopic (exact) mass is 263 g/mol. The number of unbranched alkanes of at least 4 members (excludes halogenated alkanes) is 2. The number of hydrogen-bond acceptors (Lipinski definition) is 2. The zero-order chi connectivity index (χ0) is 14.1. The number of amides is 1. The van der Waals surface area contributed by atoms with Gasteiger partial charge in [-0.15, -0.1) is 0 Å². The van der Waals surface area contributed by atoms with Crippen molar-refractivity contribution in [1.29, 1.82) is 0 Å². The van der Waals surface area contributed by atoms with Crippen LogP contribution in [0.3, 0.4) is 0 Å². The Hall–Kier alpha value is -1.51. The molecule has 0 radical (unpaired) electrons. The molecule has 106 valence electrons. The lowest BCUT2D eigenvalue weighted by Gasteiger charge is -2.22. The fourth-order valence-corrected chi connectivity index (χ4v) is 2.01. The van der Waals surface area contributed by atoms with E-state index in [-0.39, 0.29) is 11.7 Å². The Labute approximate surface area is 116 Å². The standard InChI is InChI=1S/C16H25NO2/c1-3-5-10-17(11-6-4-2)16(19)13-14-8-7-9-15(18)12-14/h7-9,12,18H,3-6,10-11,13H2,1-2H3. The van der Waals surface area contributed by atoms with Crippen molar-refractivity contribution in [3.8, 4) is 5.75 Å². The number of nitrogens with zero attached hydrogens (tertiary/aromatic N) is 1. The van der Waals surface area contributed by atoms with E-state index in [4.69, 9.17) is 0 Å². The molecule has 0 aromatic heterocycles. The molecule has 1 N–H and O–H groups in total. The first-order chi connectivity index (χ1) is 9.17. The molecule has 0 saturated carbocycles. The Bertz CT molecular complexity index is 382. The molecule has 1 rings (SSSR count). The van der Waals surface area contributed by atoms with Crippen LogP contribution in [0.2, 0.25) is 0 Å². The van der Waals surface area contributed by atoms with Crippen molar-refractivity contribution in [2.75, 3.05) is 13.1 Å². The zero-order valence-electron chi connectivity index (χ0n) is 12.1. The summed E-state index contributed by atoms with van der Waals surface area (Å²) in [7, 11) is 0. The highest BCUT2D eigenvalue weighted by Gasteiger charge is 2.13. The van der Waals surface area contributed by atoms with E-state index >= 15 is 0 Å². The summed E-state index contributed by atoms with van der Waals surface area (Å²) >= 11 is 0. The number of carbonyl (C=O) groups excluding carboxylic acids is 1. The van der Waals surface area contributed by atoms with Gasteiger partial charge in [0, 0.05) is 13.1 Å². The molecule has 0 heterocycles. The van der Waals surface area contributed by atoms with Gasteiger partial charge in [0.05, 0.1) is 6.42 Å². The van der Waals surface area contributed by atoms with Gasteiger partial charge >= 0.3 is 0 Å². The van der Waals surface area contributed by atoms with E-state index in [1.807, 2.05) is 11.0 Å². The van der Waals surface area contributed by atoms with Gasteiger partial charge in [0.1, 0.15) is 5.75 Å². The van der Waals surface area contributed by atoms with Crippen molar-refractivity contribution in [2.45, 2.75) is 46.0 Å². The lowest BCUT2D eigenvalue weighted by molar-refractivity contribution is -0.130. The van der Waals surface area contributed by atoms with Gasteiger partial charge in [-0.2, -0.15) is 0 Å². The fraction of sp³-hybridized carbons (Fsp3) is 0.562. The molecule has 0 unspecified atom stereocenters. The maximum atomic E-state index is 12.3. The van der Waals surface area contributed by atoms with Crippen molar-refractivity contribution in [3.63, 3.8) is 0 Å². The van der Waals surface area contributed by atoms with Gasteiger partial charge in [0.2, 0.25) is 5.91 Å². The van der Waals surface area contributed by atoms with Gasteiger partial charge in [-0.05, 0) is 30.5 Å². The molecule has 0 atom stereocenters. The first-order valence-corrected chi connectivity index (χ1v) is 7.23. The van der Waals surface area contributed by atoms with Crippen LogP contribution in [0.1, 0.15) is 45.1 Å². The van der Waals surface area contributed by atoms with Crippen LogP contribution in [0.4, 0.5) is 0 Å². The second kappa shape index (κ2) is 8.57. The second-order valence-corrected chi connectivity index (χ2v) is 4.93. The number of hydrogen-bond donors (Lipinski definition) is 1. The predicted octanol–water partition coefficient (Wildman–Crippen LogP) is 3.36. The summed E-state index contributed by atoms with van der Waals surface area (Å²) in [5.41, 5.74) is 0.878. The summed E-state index contributed by atoms with van der Waals surface area (Å²) in [6.07, 6.45) is 4.68. The molecular formula is C16H25NO2. The molecule has 0 bridgehead atoms. The highest BCUT2D eigenvalue weighted by molar-refractivity contribution is 5.78. The van der Waals surface area contributed by atoms with Crippen molar-refractivity contribution in [2.24, 2.45) is 0 Å². The maximum Gasteiger partial charge on any atom is 0.226 e. The molecule has 1 aromatic rings. The Morgan fingerprint density at radius 2 is 1.79 bits per heavy atom. The third kappa shape index (κ3) is 5.77. The SMILES string of the molecule is CCCCN(CCCC)C(=O)Cc1cccc(O)c1. The van der Waals surface area contributed by atoms with Crippen molar-refractivity contribution < 1.29 is 9.90 Å². The highest BCUT2D eigenvalue weighted by Crippen LogP contribution is 2.13. The third-order valence-electron chi connectivity index (χ3n) is 3.18. The van der Waals surface area contributed by atoms with E-state index in [1.54, 1.807) is 18.2 Å². The number of carbonyl (C=O) groups is 1. The van der Waals surface area contributed by atoms with Crippen LogP contribution in [0.25, 0.3) is 0 Å². The van der Waals surface area contributed by atoms with E-state index in [0.717, 1.165) is 44.3 Å². The van der Waals surface area contributed by atoms with Crippen molar-refractivity contribution in [1.82, 2.24) is 4.90 Å². The van der Waals surface area contributed by atoms with Crippen LogP contribution < -0.4 is 0 Å². The Balaban J connectivity index is 2.59. The van der Waals surface area contributed by atoms with Gasteiger partial charge in [-0.3, -0.25) is 4.79 Å². The van der Waals surface area contributed by atoms with Gasteiger partial charge in [-0.1, -0.05) is 38.8 Å². The maximum absolute atomic E-state index is 12.3. The Kier molecular flexibility index (Phi) is 7.01. The molecule has 3 heteroatoms. The predicted molar refractivity (Wildman–Crippen MR) is 78.2 cm³/mol. The minimum atomic E-state index is 0.160. The van der Waals surface area contributed by atoms with Crippen LogP contribution in [0, 0.1) is 0 Å². The van der Waals surface area contributed by atoms with E-state index in [0.29, 0.717) is 6.42 Å². The summed E-state index contributed by atoms with van der Waals surface area (Å²) in [4.78, 5) is 14.2. The zero-order valence-corrected chi connectivity index (χ0v) is 12.1. The van der Waals surface area contributed by atoms with Crippen LogP contribution in [0.15, 0.2) is 24.3 Å². The van der Waals surface area contributed by atoms with Gasteiger partial charge < -0.3 is 10.0 Å². The summed E-state index contributed by atoms with van der Waals surface area (Å²) < 4.78 is 0. The topological polar surface area (TPSA) is 40.5 Å². The fourth-order valence-electron chi connectivity index (χ4n) is 2.01. The highest BCUT2D eigenvalue weighted by atomic mass is 16.3. The summed E-state index contributed by atoms with van der Waals surface area (Å²) in [6, 6.07) is 6.95. The van der Waals surface area contributed by atoms with E-state index < -0.39 is 0 Å². The van der Waals surface area contributed by atoms with Crippen molar-refractivity contribution >= 4 is 5.91 Å². The lowest BCUT2D eigenvalue weighted by Crippen LogP contribution is -2.34. The molecule has 19 heavy (non-hydrogen) atoms. The van der Waals surface area contributed by atoms with Crippen LogP contribution in [-0.2, 0) is 11.2 Å². The van der Waals surface area contributed by atoms with Crippen LogP contribution in [-0.4, -0.2) is 29.0 Å². The molecule has 0 spiro atoms. The second-order valence-electron chi connectivity index (χ2n) is 4.93. The normalized spacial score (nSPS) is 10.4. The quantitative estimate of drug-likeness (QED) is 0.781. The first-order valence-electron chi connectivity index (χ1n) is 7.23. The number of rotatable bonds is 8. The first kappa shape index (κ1) is 15.5. The number of phenolic OH excluding ortho intramolecular Hbond substituents is 1. The minimum absolute atomic E-state index is 0.160. The number of aromatic hydroxyl groups is 1. The average molecular weight is 263 g/mol. The molecular weight excluding hydrogens is 238 g/mol. The molecule has 0 aliphatic rings. The van der Waals surface area contributed by atoms with Gasteiger partial charge in [0.25, 0.3) is 0 Å². The number of phenols is 1. The largest absolute Gasteiger partial charge is 0.508 e. The summed E-state index contributed by atoms with van der Waals surface area (Å²) in [5, 5.41) is 9.42. The third-order valence-corrected chi connectivity index (χ3v) is 3.18. The smallest absolute Gasteiger partial charge is 0.226 e. The van der Waals surface area contributed by atoms with Gasteiger partial charge in [0.15, 0.2) is 0 Å². The van der Waals surface area contributed by atoms with E-state index in [2.05, 4.69) is 13.8 Å². The van der Waals surface area contributed by atoms with Crippen molar-refractivity contribution in [3.05, 3.63) is 29.8 Å². The molecule has 0 aliphatic heterocycles. The summed E-state index contributed by atoms with van der Waals surface area (Å²) in [6.45, 7) is 5.96.